The average Bonchev–Trinajstić information content (AvgIpc) is 3.32. The lowest BCUT2D eigenvalue weighted by atomic mass is 10.2. The van der Waals surface area contributed by atoms with Crippen molar-refractivity contribution in [3.8, 4) is 6.07 Å². The molecule has 0 aliphatic rings. The molecule has 0 saturated carbocycles. The van der Waals surface area contributed by atoms with Gasteiger partial charge in [0.05, 0.1) is 6.54 Å². The monoisotopic (exact) mass is 415 g/mol. The Morgan fingerprint density at radius 3 is 2.81 bits per heavy atom. The van der Waals surface area contributed by atoms with Gasteiger partial charge in [-0.1, -0.05) is 35.3 Å². The molecule has 0 spiro atoms. The van der Waals surface area contributed by atoms with Gasteiger partial charge in [0, 0.05) is 33.4 Å². The van der Waals surface area contributed by atoms with Crippen molar-refractivity contribution in [2.75, 3.05) is 0 Å². The fourth-order valence-corrected chi connectivity index (χ4v) is 3.62. The van der Waals surface area contributed by atoms with Crippen molar-refractivity contribution < 1.29 is 4.79 Å². The van der Waals surface area contributed by atoms with Gasteiger partial charge in [-0.05, 0) is 47.4 Å². The molecule has 1 N–H and O–H groups in total. The summed E-state index contributed by atoms with van der Waals surface area (Å²) in [5, 5.41) is 15.2. The molecule has 0 aliphatic heterocycles. The number of thiophene rings is 1. The average molecular weight is 416 g/mol. The van der Waals surface area contributed by atoms with Crippen molar-refractivity contribution >= 4 is 46.5 Å². The molecule has 0 fully saturated rings. The molecule has 3 aromatic rings. The Bertz CT molecular complexity index is 1020. The summed E-state index contributed by atoms with van der Waals surface area (Å²) in [7, 11) is 0. The number of nitrogens with zero attached hydrogens (tertiary/aromatic N) is 2. The maximum Gasteiger partial charge on any atom is 0.262 e. The molecule has 3 rings (SSSR count). The highest BCUT2D eigenvalue weighted by Crippen LogP contribution is 2.23. The van der Waals surface area contributed by atoms with Crippen LogP contribution in [0.1, 0.15) is 16.1 Å². The van der Waals surface area contributed by atoms with Crippen molar-refractivity contribution in [3.63, 3.8) is 0 Å². The lowest BCUT2D eigenvalue weighted by Gasteiger charge is -2.09. The first-order chi connectivity index (χ1) is 13.1. The molecule has 1 amide bonds. The van der Waals surface area contributed by atoms with Gasteiger partial charge in [-0.15, -0.1) is 11.3 Å². The Hall–Kier alpha value is -2.52. The molecule has 136 valence electrons. The smallest absolute Gasteiger partial charge is 0.262 e. The van der Waals surface area contributed by atoms with E-state index in [9.17, 15) is 10.1 Å². The van der Waals surface area contributed by atoms with Crippen molar-refractivity contribution in [1.29, 1.82) is 5.26 Å². The minimum Gasteiger partial charge on any atom is -0.347 e. The number of aromatic nitrogens is 1. The van der Waals surface area contributed by atoms with Crippen LogP contribution in [0.15, 0.2) is 59.6 Å². The SMILES string of the molecule is N#C/C(=C\c1cccn1Cc1ccc(Cl)cc1Cl)C(=O)NCc1cccs1. The molecule has 27 heavy (non-hydrogen) atoms. The molecule has 0 radical (unpaired) electrons. The van der Waals surface area contributed by atoms with Gasteiger partial charge in [-0.3, -0.25) is 4.79 Å². The van der Waals surface area contributed by atoms with E-state index in [1.54, 1.807) is 29.5 Å². The van der Waals surface area contributed by atoms with E-state index in [4.69, 9.17) is 23.2 Å². The van der Waals surface area contributed by atoms with E-state index in [-0.39, 0.29) is 5.57 Å². The summed E-state index contributed by atoms with van der Waals surface area (Å²) in [6.07, 6.45) is 3.45. The summed E-state index contributed by atoms with van der Waals surface area (Å²) in [5.41, 5.74) is 1.69. The molecule has 0 atom stereocenters. The van der Waals surface area contributed by atoms with Crippen LogP contribution >= 0.6 is 34.5 Å². The minimum atomic E-state index is -0.400. The van der Waals surface area contributed by atoms with Crippen molar-refractivity contribution in [1.82, 2.24) is 9.88 Å². The molecule has 2 aromatic heterocycles. The lowest BCUT2D eigenvalue weighted by molar-refractivity contribution is -0.117. The van der Waals surface area contributed by atoms with Gasteiger partial charge in [0.1, 0.15) is 11.6 Å². The topological polar surface area (TPSA) is 57.8 Å². The molecule has 0 bridgehead atoms. The van der Waals surface area contributed by atoms with Gasteiger partial charge in [0.15, 0.2) is 0 Å². The first-order valence-electron chi connectivity index (χ1n) is 8.08. The van der Waals surface area contributed by atoms with Crippen LogP contribution in [-0.4, -0.2) is 10.5 Å². The minimum absolute atomic E-state index is 0.0497. The number of amides is 1. The lowest BCUT2D eigenvalue weighted by Crippen LogP contribution is -2.23. The number of nitriles is 1. The van der Waals surface area contributed by atoms with Gasteiger partial charge >= 0.3 is 0 Å². The number of benzene rings is 1. The van der Waals surface area contributed by atoms with E-state index in [1.807, 2.05) is 52.5 Å². The van der Waals surface area contributed by atoms with E-state index in [0.29, 0.717) is 23.1 Å². The quantitative estimate of drug-likeness (QED) is 0.448. The second-order valence-corrected chi connectivity index (χ2v) is 7.60. The molecule has 1 aromatic carbocycles. The summed E-state index contributed by atoms with van der Waals surface area (Å²) in [6.45, 7) is 0.904. The van der Waals surface area contributed by atoms with E-state index >= 15 is 0 Å². The van der Waals surface area contributed by atoms with Crippen molar-refractivity contribution in [3.05, 3.63) is 85.8 Å². The molecule has 0 unspecified atom stereocenters. The number of hydrogen-bond donors (Lipinski definition) is 1. The maximum atomic E-state index is 12.3. The fourth-order valence-electron chi connectivity index (χ4n) is 2.51. The Morgan fingerprint density at radius 1 is 1.26 bits per heavy atom. The van der Waals surface area contributed by atoms with Gasteiger partial charge in [-0.25, -0.2) is 0 Å². The number of carbonyl (C=O) groups is 1. The van der Waals surface area contributed by atoms with Crippen LogP contribution in [0, 0.1) is 11.3 Å². The zero-order chi connectivity index (χ0) is 19.2. The fraction of sp³-hybridized carbons (Fsp3) is 0.100. The predicted octanol–water partition coefficient (Wildman–Crippen LogP) is 5.13. The molecule has 0 saturated heterocycles. The summed E-state index contributed by atoms with van der Waals surface area (Å²) < 4.78 is 1.92. The van der Waals surface area contributed by atoms with E-state index in [2.05, 4.69) is 5.32 Å². The number of hydrogen-bond acceptors (Lipinski definition) is 3. The van der Waals surface area contributed by atoms with E-state index < -0.39 is 5.91 Å². The highest BCUT2D eigenvalue weighted by atomic mass is 35.5. The largest absolute Gasteiger partial charge is 0.347 e. The molecule has 0 aliphatic carbocycles. The highest BCUT2D eigenvalue weighted by Gasteiger charge is 2.11. The summed E-state index contributed by atoms with van der Waals surface area (Å²) >= 11 is 13.7. The van der Waals surface area contributed by atoms with Crippen LogP contribution in [0.25, 0.3) is 6.08 Å². The Morgan fingerprint density at radius 2 is 2.11 bits per heavy atom. The van der Waals surface area contributed by atoms with Crippen LogP contribution in [0.3, 0.4) is 0 Å². The van der Waals surface area contributed by atoms with E-state index in [1.165, 1.54) is 0 Å². The van der Waals surface area contributed by atoms with Crippen molar-refractivity contribution in [2.45, 2.75) is 13.1 Å². The van der Waals surface area contributed by atoms with E-state index in [0.717, 1.165) is 16.1 Å². The third-order valence-corrected chi connectivity index (χ3v) is 5.34. The summed E-state index contributed by atoms with van der Waals surface area (Å²) in [6, 6.07) is 14.9. The second-order valence-electron chi connectivity index (χ2n) is 5.73. The Labute approximate surface area is 171 Å². The molecule has 2 heterocycles. The normalized spacial score (nSPS) is 11.2. The van der Waals surface area contributed by atoms with Crippen LogP contribution in [0.5, 0.6) is 0 Å². The highest BCUT2D eigenvalue weighted by molar-refractivity contribution is 7.09. The summed E-state index contributed by atoms with van der Waals surface area (Å²) in [4.78, 5) is 13.3. The van der Waals surface area contributed by atoms with Crippen LogP contribution in [0.2, 0.25) is 10.0 Å². The molecular weight excluding hydrogens is 401 g/mol. The molecular formula is C20H15Cl2N3OS. The third-order valence-electron chi connectivity index (χ3n) is 3.88. The first kappa shape index (κ1) is 19.2. The number of nitrogens with one attached hydrogen (secondary N) is 1. The number of carbonyl (C=O) groups excluding carboxylic acids is 1. The second kappa shape index (κ2) is 8.92. The zero-order valence-electron chi connectivity index (χ0n) is 14.2. The third kappa shape index (κ3) is 5.01. The molecule has 4 nitrogen and oxygen atoms in total. The van der Waals surface area contributed by atoms with Gasteiger partial charge < -0.3 is 9.88 Å². The Balaban J connectivity index is 1.76. The first-order valence-corrected chi connectivity index (χ1v) is 9.72. The zero-order valence-corrected chi connectivity index (χ0v) is 16.5. The van der Waals surface area contributed by atoms with Gasteiger partial charge in [-0.2, -0.15) is 5.26 Å². The van der Waals surface area contributed by atoms with Crippen molar-refractivity contribution in [2.24, 2.45) is 0 Å². The maximum absolute atomic E-state index is 12.3. The van der Waals surface area contributed by atoms with Gasteiger partial charge in [0.2, 0.25) is 0 Å². The molecule has 7 heteroatoms. The standard InChI is InChI=1S/C20H15Cl2N3OS/c21-16-6-5-14(19(22)10-16)13-25-7-1-3-17(25)9-15(11-23)20(26)24-12-18-4-2-8-27-18/h1-10H,12-13H2,(H,24,26)/b15-9+. The van der Waals surface area contributed by atoms with Crippen LogP contribution in [-0.2, 0) is 17.9 Å². The Kier molecular flexibility index (Phi) is 6.36. The summed E-state index contributed by atoms with van der Waals surface area (Å²) in [5.74, 6) is -0.400. The number of halogens is 2. The van der Waals surface area contributed by atoms with Gasteiger partial charge in [0.25, 0.3) is 5.91 Å². The predicted molar refractivity (Wildman–Crippen MR) is 110 cm³/mol. The van der Waals surface area contributed by atoms with Crippen LogP contribution < -0.4 is 5.32 Å². The number of rotatable bonds is 6. The van der Waals surface area contributed by atoms with Crippen LogP contribution in [0.4, 0.5) is 0 Å².